The zero-order chi connectivity index (χ0) is 20.9. The zero-order valence-electron chi connectivity index (χ0n) is 15.6. The summed E-state index contributed by atoms with van der Waals surface area (Å²) in [6.45, 7) is 1.84. The summed E-state index contributed by atoms with van der Waals surface area (Å²) in [6, 6.07) is 13.8. The Morgan fingerprint density at radius 3 is 2.59 bits per heavy atom. The van der Waals surface area contributed by atoms with E-state index in [9.17, 15) is 17.6 Å². The second kappa shape index (κ2) is 8.85. The van der Waals surface area contributed by atoms with Crippen LogP contribution in [-0.2, 0) is 21.4 Å². The summed E-state index contributed by atoms with van der Waals surface area (Å²) in [4.78, 5) is 12.1. The standard InChI is InChI=1S/C21H19FN2O4S/c1-15-4-10-19(22)20(13-15)24-21(25)11-7-16-5-8-18(9-6-16)29(26,27)23-14-17-3-2-12-28-17/h2-13,23H,14H2,1H3,(H,24,25)/b11-7+. The predicted octanol–water partition coefficient (Wildman–Crippen LogP) is 3.86. The Kier molecular flexibility index (Phi) is 6.26. The number of carbonyl (C=O) groups is 1. The number of carbonyl (C=O) groups excluding carboxylic acids is 1. The van der Waals surface area contributed by atoms with Crippen molar-refractivity contribution in [3.05, 3.63) is 89.6 Å². The van der Waals surface area contributed by atoms with Crippen LogP contribution in [-0.4, -0.2) is 14.3 Å². The van der Waals surface area contributed by atoms with Gasteiger partial charge in [0.2, 0.25) is 15.9 Å². The highest BCUT2D eigenvalue weighted by Crippen LogP contribution is 2.16. The topological polar surface area (TPSA) is 88.4 Å². The molecule has 2 aromatic carbocycles. The normalized spacial score (nSPS) is 11.7. The zero-order valence-corrected chi connectivity index (χ0v) is 16.4. The van der Waals surface area contributed by atoms with Crippen LogP contribution in [0.15, 0.2) is 76.2 Å². The quantitative estimate of drug-likeness (QED) is 0.575. The highest BCUT2D eigenvalue weighted by Gasteiger charge is 2.14. The first-order valence-corrected chi connectivity index (χ1v) is 10.2. The molecule has 1 aromatic heterocycles. The Labute approximate surface area is 168 Å². The number of nitrogens with one attached hydrogen (secondary N) is 2. The molecule has 0 bridgehead atoms. The van der Waals surface area contributed by atoms with Gasteiger partial charge < -0.3 is 9.73 Å². The third kappa shape index (κ3) is 5.63. The van der Waals surface area contributed by atoms with Crippen LogP contribution in [0.4, 0.5) is 10.1 Å². The van der Waals surface area contributed by atoms with Crippen molar-refractivity contribution in [3.63, 3.8) is 0 Å². The molecule has 8 heteroatoms. The van der Waals surface area contributed by atoms with Gasteiger partial charge in [-0.3, -0.25) is 4.79 Å². The number of halogens is 1. The Bertz CT molecular complexity index is 1120. The fourth-order valence-corrected chi connectivity index (χ4v) is 3.50. The highest BCUT2D eigenvalue weighted by atomic mass is 32.2. The first-order chi connectivity index (χ1) is 13.8. The maximum absolute atomic E-state index is 13.7. The van der Waals surface area contributed by atoms with E-state index in [-0.39, 0.29) is 17.1 Å². The van der Waals surface area contributed by atoms with Crippen LogP contribution >= 0.6 is 0 Å². The number of amides is 1. The van der Waals surface area contributed by atoms with E-state index in [1.165, 1.54) is 42.7 Å². The van der Waals surface area contributed by atoms with Crippen LogP contribution in [0, 0.1) is 12.7 Å². The molecule has 3 rings (SSSR count). The van der Waals surface area contributed by atoms with E-state index in [1.54, 1.807) is 37.3 Å². The van der Waals surface area contributed by atoms with Crippen LogP contribution in [0.2, 0.25) is 0 Å². The van der Waals surface area contributed by atoms with Crippen LogP contribution in [0.1, 0.15) is 16.9 Å². The molecule has 3 aromatic rings. The summed E-state index contributed by atoms with van der Waals surface area (Å²) >= 11 is 0. The lowest BCUT2D eigenvalue weighted by atomic mass is 10.2. The number of benzene rings is 2. The van der Waals surface area contributed by atoms with E-state index >= 15 is 0 Å². The van der Waals surface area contributed by atoms with Crippen molar-refractivity contribution in [2.75, 3.05) is 5.32 Å². The van der Waals surface area contributed by atoms with Gasteiger partial charge in [0.15, 0.2) is 0 Å². The summed E-state index contributed by atoms with van der Waals surface area (Å²) in [5, 5.41) is 2.47. The third-order valence-electron chi connectivity index (χ3n) is 4.01. The molecule has 0 aliphatic carbocycles. The lowest BCUT2D eigenvalue weighted by Crippen LogP contribution is -2.22. The third-order valence-corrected chi connectivity index (χ3v) is 5.43. The van der Waals surface area contributed by atoms with E-state index in [0.717, 1.165) is 5.56 Å². The molecule has 0 aliphatic rings. The molecular weight excluding hydrogens is 395 g/mol. The SMILES string of the molecule is Cc1ccc(F)c(NC(=O)/C=C/c2ccc(S(=O)(=O)NCc3ccco3)cc2)c1. The van der Waals surface area contributed by atoms with Crippen LogP contribution in [0.5, 0.6) is 0 Å². The van der Waals surface area contributed by atoms with E-state index < -0.39 is 21.7 Å². The van der Waals surface area contributed by atoms with Gasteiger partial charge in [0.1, 0.15) is 11.6 Å². The lowest BCUT2D eigenvalue weighted by molar-refractivity contribution is -0.111. The summed E-state index contributed by atoms with van der Waals surface area (Å²) in [6.07, 6.45) is 4.23. The summed E-state index contributed by atoms with van der Waals surface area (Å²) < 4.78 is 45.8. The Morgan fingerprint density at radius 1 is 1.14 bits per heavy atom. The molecule has 0 spiro atoms. The van der Waals surface area contributed by atoms with Gasteiger partial charge in [0, 0.05) is 6.08 Å². The first kappa shape index (κ1) is 20.5. The van der Waals surface area contributed by atoms with Crippen molar-refractivity contribution in [1.29, 1.82) is 0 Å². The number of anilines is 1. The van der Waals surface area contributed by atoms with Crippen LogP contribution in [0.3, 0.4) is 0 Å². The van der Waals surface area contributed by atoms with Crippen LogP contribution in [0.25, 0.3) is 6.08 Å². The maximum Gasteiger partial charge on any atom is 0.248 e. The minimum atomic E-state index is -3.69. The maximum atomic E-state index is 13.7. The van der Waals surface area contributed by atoms with Crippen molar-refractivity contribution in [3.8, 4) is 0 Å². The molecule has 150 valence electrons. The Morgan fingerprint density at radius 2 is 1.90 bits per heavy atom. The lowest BCUT2D eigenvalue weighted by Gasteiger charge is -2.06. The smallest absolute Gasteiger partial charge is 0.248 e. The molecule has 0 saturated heterocycles. The van der Waals surface area contributed by atoms with Crippen molar-refractivity contribution in [2.24, 2.45) is 0 Å². The van der Waals surface area contributed by atoms with Crippen molar-refractivity contribution < 1.29 is 22.0 Å². The second-order valence-corrected chi connectivity index (χ2v) is 8.05. The van der Waals surface area contributed by atoms with Gasteiger partial charge in [-0.25, -0.2) is 17.5 Å². The Balaban J connectivity index is 1.62. The Hall–Kier alpha value is -3.23. The first-order valence-electron chi connectivity index (χ1n) is 8.71. The molecule has 29 heavy (non-hydrogen) atoms. The average molecular weight is 414 g/mol. The predicted molar refractivity (Wildman–Crippen MR) is 108 cm³/mol. The minimum Gasteiger partial charge on any atom is -0.468 e. The highest BCUT2D eigenvalue weighted by molar-refractivity contribution is 7.89. The largest absolute Gasteiger partial charge is 0.468 e. The van der Waals surface area contributed by atoms with E-state index in [0.29, 0.717) is 11.3 Å². The molecule has 0 unspecified atom stereocenters. The van der Waals surface area contributed by atoms with Gasteiger partial charge >= 0.3 is 0 Å². The summed E-state index contributed by atoms with van der Waals surface area (Å²) in [7, 11) is -3.69. The van der Waals surface area contributed by atoms with E-state index in [1.807, 2.05) is 0 Å². The second-order valence-electron chi connectivity index (χ2n) is 6.28. The molecule has 0 aliphatic heterocycles. The fourth-order valence-electron chi connectivity index (χ4n) is 2.50. The molecule has 2 N–H and O–H groups in total. The molecule has 0 fully saturated rings. The number of sulfonamides is 1. The molecule has 0 saturated carbocycles. The number of hydrogen-bond acceptors (Lipinski definition) is 4. The monoisotopic (exact) mass is 414 g/mol. The molecule has 0 atom stereocenters. The van der Waals surface area contributed by atoms with Gasteiger partial charge in [-0.15, -0.1) is 0 Å². The molecular formula is C21H19FN2O4S. The van der Waals surface area contributed by atoms with Crippen molar-refractivity contribution in [1.82, 2.24) is 4.72 Å². The van der Waals surface area contributed by atoms with Gasteiger partial charge in [-0.05, 0) is 60.5 Å². The number of aryl methyl sites for hydroxylation is 1. The molecule has 1 heterocycles. The number of hydrogen-bond donors (Lipinski definition) is 2. The molecule has 0 radical (unpaired) electrons. The van der Waals surface area contributed by atoms with Crippen molar-refractivity contribution in [2.45, 2.75) is 18.4 Å². The van der Waals surface area contributed by atoms with Crippen LogP contribution < -0.4 is 10.0 Å². The van der Waals surface area contributed by atoms with E-state index in [4.69, 9.17) is 4.42 Å². The minimum absolute atomic E-state index is 0.0483. The van der Waals surface area contributed by atoms with Gasteiger partial charge in [0.05, 0.1) is 23.4 Å². The average Bonchev–Trinajstić information content (AvgIpc) is 3.22. The number of rotatable bonds is 7. The molecule has 1 amide bonds. The summed E-state index contributed by atoms with van der Waals surface area (Å²) in [5.74, 6) is -0.510. The van der Waals surface area contributed by atoms with Crippen molar-refractivity contribution >= 4 is 27.7 Å². The fraction of sp³-hybridized carbons (Fsp3) is 0.0952. The van der Waals surface area contributed by atoms with Gasteiger partial charge in [-0.1, -0.05) is 18.2 Å². The molecule has 6 nitrogen and oxygen atoms in total. The number of furan rings is 1. The van der Waals surface area contributed by atoms with E-state index in [2.05, 4.69) is 10.0 Å². The van der Waals surface area contributed by atoms with Gasteiger partial charge in [0.25, 0.3) is 0 Å². The summed E-state index contributed by atoms with van der Waals surface area (Å²) in [5.41, 5.74) is 1.54. The van der Waals surface area contributed by atoms with Gasteiger partial charge in [-0.2, -0.15) is 0 Å².